The molecule has 2 N–H and O–H groups in total. The zero-order valence-corrected chi connectivity index (χ0v) is 12.5. The first-order valence-electron chi connectivity index (χ1n) is 6.92. The lowest BCUT2D eigenvalue weighted by atomic mass is 10.2. The quantitative estimate of drug-likeness (QED) is 0.787. The van der Waals surface area contributed by atoms with Crippen LogP contribution in [0.1, 0.15) is 0 Å². The molecule has 1 aromatic heterocycles. The Morgan fingerprint density at radius 3 is 2.29 bits per heavy atom. The van der Waals surface area contributed by atoms with E-state index < -0.39 is 0 Å². The van der Waals surface area contributed by atoms with Gasteiger partial charge in [0, 0.05) is 18.5 Å². The second kappa shape index (κ2) is 6.52. The van der Waals surface area contributed by atoms with Crippen LogP contribution >= 0.6 is 11.3 Å². The van der Waals surface area contributed by atoms with Crippen LogP contribution in [0.15, 0.2) is 71.0 Å². The molecule has 1 heterocycles. The molecule has 2 aromatic carbocycles. The summed E-state index contributed by atoms with van der Waals surface area (Å²) in [5.74, 6) is 0. The summed E-state index contributed by atoms with van der Waals surface area (Å²) in [6, 6.07) is 20.4. The van der Waals surface area contributed by atoms with E-state index in [-0.39, 0.29) is 0 Å². The van der Waals surface area contributed by atoms with Gasteiger partial charge in [0.25, 0.3) is 0 Å². The first-order chi connectivity index (χ1) is 10.4. The average Bonchev–Trinajstić information content (AvgIpc) is 2.92. The highest BCUT2D eigenvalue weighted by Crippen LogP contribution is 2.20. The van der Waals surface area contributed by atoms with Crippen molar-refractivity contribution in [3.8, 4) is 11.3 Å². The topological polar surface area (TPSA) is 43.3 Å². The van der Waals surface area contributed by atoms with Gasteiger partial charge >= 0.3 is 0 Å². The number of nitrogens with two attached hydrogens (primary N) is 1. The molecule has 106 valence electrons. The van der Waals surface area contributed by atoms with Gasteiger partial charge in [-0.05, 0) is 17.7 Å². The van der Waals surface area contributed by atoms with E-state index in [9.17, 15) is 0 Å². The second-order valence-corrected chi connectivity index (χ2v) is 5.49. The summed E-state index contributed by atoms with van der Waals surface area (Å²) in [4.78, 5) is 5.71. The Morgan fingerprint density at radius 1 is 0.952 bits per heavy atom. The molecule has 0 spiro atoms. The zero-order valence-electron chi connectivity index (χ0n) is 11.6. The Bertz CT molecular complexity index is 757. The van der Waals surface area contributed by atoms with Crippen LogP contribution in [-0.2, 0) is 6.54 Å². The third-order valence-electron chi connectivity index (χ3n) is 3.20. The van der Waals surface area contributed by atoms with Gasteiger partial charge in [-0.3, -0.25) is 0 Å². The van der Waals surface area contributed by atoms with Gasteiger partial charge in [-0.1, -0.05) is 48.5 Å². The maximum Gasteiger partial charge on any atom is 0.190 e. The van der Waals surface area contributed by atoms with E-state index in [1.54, 1.807) is 11.3 Å². The number of rotatable bonds is 4. The Kier molecular flexibility index (Phi) is 4.28. The highest BCUT2D eigenvalue weighted by Gasteiger charge is 2.06. The van der Waals surface area contributed by atoms with Crippen molar-refractivity contribution in [1.82, 2.24) is 4.57 Å². The predicted octanol–water partition coefficient (Wildman–Crippen LogP) is 3.41. The van der Waals surface area contributed by atoms with E-state index in [1.165, 1.54) is 11.3 Å². The third kappa shape index (κ3) is 3.12. The van der Waals surface area contributed by atoms with Crippen molar-refractivity contribution < 1.29 is 0 Å². The zero-order chi connectivity index (χ0) is 14.5. The number of aromatic nitrogens is 1. The molecular weight excluding hydrogens is 278 g/mol. The molecule has 3 nitrogen and oxygen atoms in total. The second-order valence-electron chi connectivity index (χ2n) is 4.66. The van der Waals surface area contributed by atoms with Gasteiger partial charge in [0.15, 0.2) is 4.80 Å². The largest absolute Gasteiger partial charge is 0.329 e. The SMILES string of the molecule is NCCn1c(-c2ccccc2)csc1=Nc1ccccc1. The van der Waals surface area contributed by atoms with Crippen LogP contribution in [0.5, 0.6) is 0 Å². The highest BCUT2D eigenvalue weighted by atomic mass is 32.1. The van der Waals surface area contributed by atoms with Gasteiger partial charge in [-0.25, -0.2) is 4.99 Å². The Balaban J connectivity index is 2.11. The summed E-state index contributed by atoms with van der Waals surface area (Å²) in [6.07, 6.45) is 0. The maximum atomic E-state index is 5.77. The highest BCUT2D eigenvalue weighted by molar-refractivity contribution is 7.07. The van der Waals surface area contributed by atoms with Crippen LogP contribution < -0.4 is 10.5 Å². The Morgan fingerprint density at radius 2 is 1.62 bits per heavy atom. The van der Waals surface area contributed by atoms with E-state index in [4.69, 9.17) is 10.7 Å². The summed E-state index contributed by atoms with van der Waals surface area (Å²) in [5, 5.41) is 2.15. The summed E-state index contributed by atoms with van der Waals surface area (Å²) in [5.41, 5.74) is 9.09. The molecule has 0 aliphatic rings. The van der Waals surface area contributed by atoms with Crippen molar-refractivity contribution >= 4 is 17.0 Å². The molecule has 21 heavy (non-hydrogen) atoms. The number of hydrogen-bond donors (Lipinski definition) is 1. The van der Waals surface area contributed by atoms with Crippen molar-refractivity contribution in [1.29, 1.82) is 0 Å². The van der Waals surface area contributed by atoms with Gasteiger partial charge in [0.2, 0.25) is 0 Å². The summed E-state index contributed by atoms with van der Waals surface area (Å²) < 4.78 is 2.19. The number of hydrogen-bond acceptors (Lipinski definition) is 3. The standard InChI is InChI=1S/C17H17N3S/c18-11-12-20-16(14-7-3-1-4-8-14)13-21-17(20)19-15-9-5-2-6-10-15/h1-10,13H,11-12,18H2. The van der Waals surface area contributed by atoms with E-state index in [2.05, 4.69) is 22.1 Å². The fourth-order valence-corrected chi connectivity index (χ4v) is 3.17. The molecule has 0 radical (unpaired) electrons. The van der Waals surface area contributed by atoms with Gasteiger partial charge in [-0.15, -0.1) is 11.3 Å². The molecular formula is C17H17N3S. The monoisotopic (exact) mass is 295 g/mol. The van der Waals surface area contributed by atoms with Crippen molar-refractivity contribution in [2.45, 2.75) is 6.54 Å². The minimum absolute atomic E-state index is 0.596. The van der Waals surface area contributed by atoms with Crippen LogP contribution in [-0.4, -0.2) is 11.1 Å². The number of benzene rings is 2. The van der Waals surface area contributed by atoms with Crippen molar-refractivity contribution in [2.75, 3.05) is 6.54 Å². The fourth-order valence-electron chi connectivity index (χ4n) is 2.22. The van der Waals surface area contributed by atoms with E-state index in [0.29, 0.717) is 6.54 Å². The van der Waals surface area contributed by atoms with Crippen LogP contribution in [0.3, 0.4) is 0 Å². The molecule has 4 heteroatoms. The number of thiazole rings is 1. The Labute approximate surface area is 128 Å². The van der Waals surface area contributed by atoms with Gasteiger partial charge < -0.3 is 10.3 Å². The lowest BCUT2D eigenvalue weighted by Gasteiger charge is -2.07. The first-order valence-corrected chi connectivity index (χ1v) is 7.80. The molecule has 0 aliphatic carbocycles. The lowest BCUT2D eigenvalue weighted by molar-refractivity contribution is 0.695. The number of nitrogens with zero attached hydrogens (tertiary/aromatic N) is 2. The molecule has 0 unspecified atom stereocenters. The van der Waals surface area contributed by atoms with E-state index >= 15 is 0 Å². The van der Waals surface area contributed by atoms with Crippen LogP contribution in [0, 0.1) is 0 Å². The summed E-state index contributed by atoms with van der Waals surface area (Å²) in [6.45, 7) is 1.36. The van der Waals surface area contributed by atoms with Gasteiger partial charge in [0.1, 0.15) is 0 Å². The molecule has 0 amide bonds. The molecule has 0 bridgehead atoms. The van der Waals surface area contributed by atoms with E-state index in [1.807, 2.05) is 48.5 Å². The predicted molar refractivity (Wildman–Crippen MR) is 88.5 cm³/mol. The fraction of sp³-hybridized carbons (Fsp3) is 0.118. The average molecular weight is 295 g/mol. The van der Waals surface area contributed by atoms with Gasteiger partial charge in [0.05, 0.1) is 11.4 Å². The molecule has 3 aromatic rings. The van der Waals surface area contributed by atoms with Gasteiger partial charge in [-0.2, -0.15) is 0 Å². The number of para-hydroxylation sites is 1. The molecule has 0 fully saturated rings. The Hall–Kier alpha value is -2.17. The third-order valence-corrected chi connectivity index (χ3v) is 4.06. The minimum atomic E-state index is 0.596. The molecule has 3 rings (SSSR count). The van der Waals surface area contributed by atoms with Crippen LogP contribution in [0.4, 0.5) is 5.69 Å². The van der Waals surface area contributed by atoms with Crippen molar-refractivity contribution in [2.24, 2.45) is 10.7 Å². The summed E-state index contributed by atoms with van der Waals surface area (Å²) in [7, 11) is 0. The van der Waals surface area contributed by atoms with E-state index in [0.717, 1.165) is 17.0 Å². The smallest absolute Gasteiger partial charge is 0.190 e. The normalized spacial score (nSPS) is 11.8. The van der Waals surface area contributed by atoms with Crippen LogP contribution in [0.25, 0.3) is 11.3 Å². The first kappa shape index (κ1) is 13.8. The molecule has 0 atom stereocenters. The molecule has 0 saturated carbocycles. The molecule has 0 aliphatic heterocycles. The van der Waals surface area contributed by atoms with Crippen molar-refractivity contribution in [3.63, 3.8) is 0 Å². The molecule has 0 saturated heterocycles. The lowest BCUT2D eigenvalue weighted by Crippen LogP contribution is -2.20. The minimum Gasteiger partial charge on any atom is -0.329 e. The summed E-state index contributed by atoms with van der Waals surface area (Å²) >= 11 is 1.65. The maximum absolute atomic E-state index is 5.77. The van der Waals surface area contributed by atoms with Crippen molar-refractivity contribution in [3.05, 3.63) is 70.8 Å². The van der Waals surface area contributed by atoms with Crippen LogP contribution in [0.2, 0.25) is 0 Å².